The van der Waals surface area contributed by atoms with Gasteiger partial charge in [0.05, 0.1) is 5.66 Å². The van der Waals surface area contributed by atoms with Gasteiger partial charge in [-0.3, -0.25) is 10.6 Å². The van der Waals surface area contributed by atoms with Gasteiger partial charge in [0, 0.05) is 13.1 Å². The maximum Gasteiger partial charge on any atom is 0.0687 e. The van der Waals surface area contributed by atoms with Gasteiger partial charge in [0.1, 0.15) is 0 Å². The summed E-state index contributed by atoms with van der Waals surface area (Å²) in [6, 6.07) is 0. The molecule has 2 nitrogen and oxygen atoms in total. The summed E-state index contributed by atoms with van der Waals surface area (Å²) in [6.45, 7) is 11.4. The van der Waals surface area contributed by atoms with E-state index in [9.17, 15) is 0 Å². The predicted octanol–water partition coefficient (Wildman–Crippen LogP) is 1.97. The molecule has 0 amide bonds. The van der Waals surface area contributed by atoms with Crippen LogP contribution in [0, 0.1) is 11.8 Å². The molecule has 2 N–H and O–H groups in total. The Kier molecular flexibility index (Phi) is 3.74. The lowest BCUT2D eigenvalue weighted by molar-refractivity contribution is 0.124. The summed E-state index contributed by atoms with van der Waals surface area (Å²) in [6.07, 6.45) is 2.50. The van der Waals surface area contributed by atoms with E-state index in [0.717, 1.165) is 24.9 Å². The van der Waals surface area contributed by atoms with Gasteiger partial charge in [-0.15, -0.1) is 0 Å². The van der Waals surface area contributed by atoms with Crippen LogP contribution >= 0.6 is 0 Å². The second kappa shape index (κ2) is 4.43. The molecule has 1 aliphatic heterocycles. The maximum absolute atomic E-state index is 3.64. The van der Waals surface area contributed by atoms with Crippen LogP contribution < -0.4 is 10.6 Å². The van der Waals surface area contributed by atoms with Crippen LogP contribution in [0.3, 0.4) is 0 Å². The molecule has 0 aliphatic carbocycles. The molecule has 0 radical (unpaired) electrons. The Balaban J connectivity index is 2.54. The smallest absolute Gasteiger partial charge is 0.0687 e. The molecular weight excluding hydrogens is 160 g/mol. The minimum Gasteiger partial charge on any atom is -0.299 e. The Hall–Kier alpha value is -0.0800. The molecular formula is C11H24N2. The molecule has 0 bridgehead atoms. The highest BCUT2D eigenvalue weighted by Gasteiger charge is 2.34. The van der Waals surface area contributed by atoms with Crippen molar-refractivity contribution in [1.82, 2.24) is 10.6 Å². The van der Waals surface area contributed by atoms with Crippen molar-refractivity contribution >= 4 is 0 Å². The van der Waals surface area contributed by atoms with E-state index < -0.39 is 0 Å². The average Bonchev–Trinajstić information content (AvgIpc) is 2.13. The van der Waals surface area contributed by atoms with Gasteiger partial charge in [0.2, 0.25) is 0 Å². The second-order valence-electron chi connectivity index (χ2n) is 4.58. The minimum absolute atomic E-state index is 0.177. The van der Waals surface area contributed by atoms with E-state index in [4.69, 9.17) is 0 Å². The average molecular weight is 184 g/mol. The van der Waals surface area contributed by atoms with Crippen LogP contribution in [-0.2, 0) is 0 Å². The SMILES string of the molecule is CCC(CC)C1(C)NCC(C)CN1. The van der Waals surface area contributed by atoms with E-state index in [0.29, 0.717) is 0 Å². The summed E-state index contributed by atoms with van der Waals surface area (Å²) in [5.41, 5.74) is 0.177. The van der Waals surface area contributed by atoms with Crippen LogP contribution in [0.4, 0.5) is 0 Å². The Bertz CT molecular complexity index is 144. The predicted molar refractivity (Wildman–Crippen MR) is 57.6 cm³/mol. The first-order valence-electron chi connectivity index (χ1n) is 5.62. The van der Waals surface area contributed by atoms with Gasteiger partial charge in [-0.05, 0) is 18.8 Å². The van der Waals surface area contributed by atoms with Crippen molar-refractivity contribution in [3.63, 3.8) is 0 Å². The Morgan fingerprint density at radius 3 is 2.08 bits per heavy atom. The summed E-state index contributed by atoms with van der Waals surface area (Å²) in [4.78, 5) is 0. The highest BCUT2D eigenvalue weighted by molar-refractivity contribution is 4.91. The van der Waals surface area contributed by atoms with Crippen molar-refractivity contribution < 1.29 is 0 Å². The van der Waals surface area contributed by atoms with Crippen LogP contribution in [0.15, 0.2) is 0 Å². The molecule has 1 heterocycles. The van der Waals surface area contributed by atoms with Crippen LogP contribution in [0.25, 0.3) is 0 Å². The van der Waals surface area contributed by atoms with Crippen LogP contribution in [0.1, 0.15) is 40.5 Å². The van der Waals surface area contributed by atoms with Gasteiger partial charge in [0.25, 0.3) is 0 Å². The van der Waals surface area contributed by atoms with Gasteiger partial charge in [-0.1, -0.05) is 33.6 Å². The van der Waals surface area contributed by atoms with Crippen LogP contribution in [-0.4, -0.2) is 18.8 Å². The lowest BCUT2D eigenvalue weighted by atomic mass is 9.86. The molecule has 0 aromatic heterocycles. The number of hydrogen-bond donors (Lipinski definition) is 2. The quantitative estimate of drug-likeness (QED) is 0.700. The van der Waals surface area contributed by atoms with Crippen LogP contribution in [0.2, 0.25) is 0 Å². The first-order valence-corrected chi connectivity index (χ1v) is 5.62. The zero-order chi connectivity index (χ0) is 9.90. The summed E-state index contributed by atoms with van der Waals surface area (Å²) in [7, 11) is 0. The summed E-state index contributed by atoms with van der Waals surface area (Å²) in [5.74, 6) is 1.52. The molecule has 0 spiro atoms. The summed E-state index contributed by atoms with van der Waals surface area (Å²) < 4.78 is 0. The summed E-state index contributed by atoms with van der Waals surface area (Å²) in [5, 5.41) is 7.27. The molecule has 78 valence electrons. The lowest BCUT2D eigenvalue weighted by Gasteiger charge is -2.44. The summed E-state index contributed by atoms with van der Waals surface area (Å²) >= 11 is 0. The minimum atomic E-state index is 0.177. The fourth-order valence-electron chi connectivity index (χ4n) is 2.30. The normalized spacial score (nSPS) is 35.3. The third-order valence-electron chi connectivity index (χ3n) is 3.44. The Morgan fingerprint density at radius 1 is 1.23 bits per heavy atom. The highest BCUT2D eigenvalue weighted by atomic mass is 15.2. The van der Waals surface area contributed by atoms with Crippen molar-refractivity contribution in [1.29, 1.82) is 0 Å². The van der Waals surface area contributed by atoms with Gasteiger partial charge < -0.3 is 0 Å². The van der Waals surface area contributed by atoms with E-state index in [2.05, 4.69) is 38.3 Å². The van der Waals surface area contributed by atoms with Crippen molar-refractivity contribution in [2.75, 3.05) is 13.1 Å². The number of nitrogens with one attached hydrogen (secondary N) is 2. The van der Waals surface area contributed by atoms with Crippen molar-refractivity contribution in [2.45, 2.75) is 46.2 Å². The fourth-order valence-corrected chi connectivity index (χ4v) is 2.30. The molecule has 0 unspecified atom stereocenters. The molecule has 1 rings (SSSR count). The van der Waals surface area contributed by atoms with Crippen LogP contribution in [0.5, 0.6) is 0 Å². The highest BCUT2D eigenvalue weighted by Crippen LogP contribution is 2.23. The zero-order valence-corrected chi connectivity index (χ0v) is 9.48. The Morgan fingerprint density at radius 2 is 1.69 bits per heavy atom. The first kappa shape index (κ1) is 11.0. The van der Waals surface area contributed by atoms with E-state index in [1.807, 2.05) is 0 Å². The number of hydrogen-bond acceptors (Lipinski definition) is 2. The maximum atomic E-state index is 3.64. The molecule has 2 heteroatoms. The molecule has 0 atom stereocenters. The standard InChI is InChI=1S/C11H24N2/c1-5-10(6-2)11(4)12-7-9(3)8-13-11/h9-10,12-13H,5-8H2,1-4H3. The molecule has 0 aromatic rings. The molecule has 0 aromatic carbocycles. The molecule has 13 heavy (non-hydrogen) atoms. The van der Waals surface area contributed by atoms with E-state index in [1.54, 1.807) is 0 Å². The third kappa shape index (κ3) is 2.44. The van der Waals surface area contributed by atoms with E-state index in [1.165, 1.54) is 12.8 Å². The third-order valence-corrected chi connectivity index (χ3v) is 3.44. The van der Waals surface area contributed by atoms with Gasteiger partial charge >= 0.3 is 0 Å². The van der Waals surface area contributed by atoms with Gasteiger partial charge in [-0.25, -0.2) is 0 Å². The topological polar surface area (TPSA) is 24.1 Å². The van der Waals surface area contributed by atoms with Crippen molar-refractivity contribution in [3.8, 4) is 0 Å². The molecule has 1 aliphatic rings. The van der Waals surface area contributed by atoms with Gasteiger partial charge in [-0.2, -0.15) is 0 Å². The zero-order valence-electron chi connectivity index (χ0n) is 9.48. The first-order chi connectivity index (χ1) is 6.12. The van der Waals surface area contributed by atoms with Crippen molar-refractivity contribution in [2.24, 2.45) is 11.8 Å². The monoisotopic (exact) mass is 184 g/mol. The molecule has 1 saturated heterocycles. The van der Waals surface area contributed by atoms with E-state index >= 15 is 0 Å². The van der Waals surface area contributed by atoms with E-state index in [-0.39, 0.29) is 5.66 Å². The largest absolute Gasteiger partial charge is 0.299 e. The fraction of sp³-hybridized carbons (Fsp3) is 1.00. The second-order valence-corrected chi connectivity index (χ2v) is 4.58. The van der Waals surface area contributed by atoms with Crippen molar-refractivity contribution in [3.05, 3.63) is 0 Å². The number of rotatable bonds is 3. The molecule has 1 fully saturated rings. The van der Waals surface area contributed by atoms with Gasteiger partial charge in [0.15, 0.2) is 0 Å². The Labute approximate surface area is 82.5 Å². The lowest BCUT2D eigenvalue weighted by Crippen LogP contribution is -2.65. The molecule has 0 saturated carbocycles.